The van der Waals surface area contributed by atoms with Gasteiger partial charge in [0, 0.05) is 3.57 Å². The van der Waals surface area contributed by atoms with Crippen molar-refractivity contribution in [1.82, 2.24) is 0 Å². The largest absolute Gasteiger partial charge is 0.385 e. The molecular formula is C18H29IO3. The maximum atomic E-state index is 10.7. The first-order valence-electron chi connectivity index (χ1n) is 7.95. The fourth-order valence-electron chi connectivity index (χ4n) is 2.30. The minimum atomic E-state index is -0.991. The average Bonchev–Trinajstić information content (AvgIpc) is 2.46. The van der Waals surface area contributed by atoms with E-state index >= 15 is 0 Å². The van der Waals surface area contributed by atoms with E-state index in [4.69, 9.17) is 0 Å². The van der Waals surface area contributed by atoms with Gasteiger partial charge in [0.05, 0.1) is 16.8 Å². The molecule has 1 aromatic rings. The van der Waals surface area contributed by atoms with E-state index in [-0.39, 0.29) is 0 Å². The number of hydrogen-bond donors (Lipinski definition) is 3. The van der Waals surface area contributed by atoms with Crippen molar-refractivity contribution in [1.29, 1.82) is 0 Å². The van der Waals surface area contributed by atoms with E-state index in [2.05, 4.69) is 22.6 Å². The van der Waals surface area contributed by atoms with E-state index in [0.29, 0.717) is 19.3 Å². The summed E-state index contributed by atoms with van der Waals surface area (Å²) in [5.41, 5.74) is -0.690. The van der Waals surface area contributed by atoms with E-state index < -0.39 is 16.8 Å². The van der Waals surface area contributed by atoms with Crippen LogP contribution in [0.5, 0.6) is 0 Å². The minimum Gasteiger partial charge on any atom is -0.385 e. The first-order valence-corrected chi connectivity index (χ1v) is 9.03. The molecule has 126 valence electrons. The van der Waals surface area contributed by atoms with Gasteiger partial charge in [-0.25, -0.2) is 0 Å². The van der Waals surface area contributed by atoms with Crippen LogP contribution < -0.4 is 0 Å². The van der Waals surface area contributed by atoms with Crippen LogP contribution in [0.1, 0.15) is 77.5 Å². The lowest BCUT2D eigenvalue weighted by Gasteiger charge is -2.33. The molecule has 0 aliphatic heterocycles. The molecule has 1 rings (SSSR count). The third-order valence-electron chi connectivity index (χ3n) is 4.92. The van der Waals surface area contributed by atoms with Gasteiger partial charge < -0.3 is 15.3 Å². The molecule has 3 atom stereocenters. The second kappa shape index (κ2) is 6.75. The smallest absolute Gasteiger partial charge is 0.0876 e. The Balaban J connectivity index is 3.73. The van der Waals surface area contributed by atoms with Crippen LogP contribution in [0.25, 0.3) is 0 Å². The van der Waals surface area contributed by atoms with Gasteiger partial charge in [0.1, 0.15) is 0 Å². The van der Waals surface area contributed by atoms with Gasteiger partial charge in [-0.2, -0.15) is 0 Å². The Hall–Kier alpha value is -0.170. The Kier molecular flexibility index (Phi) is 6.10. The van der Waals surface area contributed by atoms with E-state index in [0.717, 1.165) is 20.3 Å². The highest BCUT2D eigenvalue weighted by Gasteiger charge is 2.33. The van der Waals surface area contributed by atoms with E-state index in [9.17, 15) is 15.3 Å². The predicted octanol–water partition coefficient (Wildman–Crippen LogP) is 4.14. The van der Waals surface area contributed by atoms with Gasteiger partial charge in [-0.3, -0.25) is 0 Å². The fraction of sp³-hybridized carbons (Fsp3) is 0.667. The lowest BCUT2D eigenvalue weighted by molar-refractivity contribution is 0.0384. The maximum Gasteiger partial charge on any atom is 0.0876 e. The Labute approximate surface area is 147 Å². The summed E-state index contributed by atoms with van der Waals surface area (Å²) in [6.07, 6.45) is 1.69. The average molecular weight is 420 g/mol. The maximum absolute atomic E-state index is 10.7. The highest BCUT2D eigenvalue weighted by atomic mass is 127. The first-order chi connectivity index (χ1) is 9.93. The summed E-state index contributed by atoms with van der Waals surface area (Å²) >= 11 is 2.19. The van der Waals surface area contributed by atoms with Crippen molar-refractivity contribution in [3.05, 3.63) is 32.4 Å². The quantitative estimate of drug-likeness (QED) is 0.607. The van der Waals surface area contributed by atoms with Crippen LogP contribution in [-0.2, 0) is 16.8 Å². The standard InChI is InChI=1S/C18H29IO3/c1-7-16(4,20)12-10-13(17(5,21)8-2)15(19)14(11-12)18(6,22)9-3/h10-11,20-22H,7-9H2,1-6H3. The molecule has 22 heavy (non-hydrogen) atoms. The summed E-state index contributed by atoms with van der Waals surface area (Å²) in [6, 6.07) is 3.76. The van der Waals surface area contributed by atoms with Gasteiger partial charge in [-0.05, 0) is 91.4 Å². The van der Waals surface area contributed by atoms with Crippen LogP contribution in [0.3, 0.4) is 0 Å². The number of rotatable bonds is 6. The number of aliphatic hydroxyl groups is 3. The summed E-state index contributed by atoms with van der Waals surface area (Å²) in [4.78, 5) is 0. The molecular weight excluding hydrogens is 391 g/mol. The molecule has 0 heterocycles. The summed E-state index contributed by atoms with van der Waals surface area (Å²) in [7, 11) is 0. The topological polar surface area (TPSA) is 60.7 Å². The van der Waals surface area contributed by atoms with Crippen LogP contribution in [0, 0.1) is 3.57 Å². The highest BCUT2D eigenvalue weighted by Crippen LogP contribution is 2.39. The minimum absolute atomic E-state index is 0.564. The third-order valence-corrected chi connectivity index (χ3v) is 6.08. The number of hydrogen-bond acceptors (Lipinski definition) is 3. The summed E-state index contributed by atoms with van der Waals surface area (Å²) in [5, 5.41) is 32.1. The van der Waals surface area contributed by atoms with E-state index in [1.165, 1.54) is 0 Å². The second-order valence-corrected chi connectivity index (χ2v) is 7.85. The highest BCUT2D eigenvalue weighted by molar-refractivity contribution is 14.1. The molecule has 0 aliphatic carbocycles. The molecule has 0 saturated heterocycles. The van der Waals surface area contributed by atoms with Gasteiger partial charge in [0.2, 0.25) is 0 Å². The lowest BCUT2D eigenvalue weighted by atomic mass is 9.81. The molecule has 0 spiro atoms. The van der Waals surface area contributed by atoms with Crippen LogP contribution in [0.2, 0.25) is 0 Å². The van der Waals surface area contributed by atoms with Crippen LogP contribution in [-0.4, -0.2) is 15.3 Å². The van der Waals surface area contributed by atoms with Crippen molar-refractivity contribution in [3.63, 3.8) is 0 Å². The van der Waals surface area contributed by atoms with Gasteiger partial charge in [-0.15, -0.1) is 0 Å². The molecule has 3 N–H and O–H groups in total. The van der Waals surface area contributed by atoms with Crippen molar-refractivity contribution < 1.29 is 15.3 Å². The van der Waals surface area contributed by atoms with Crippen molar-refractivity contribution >= 4 is 22.6 Å². The fourth-order valence-corrected chi connectivity index (χ4v) is 3.78. The van der Waals surface area contributed by atoms with Crippen LogP contribution in [0.4, 0.5) is 0 Å². The number of halogens is 1. The SMILES string of the molecule is CCC(C)(O)c1cc(C(C)(O)CC)c(I)c(C(C)(O)CC)c1. The molecule has 0 fully saturated rings. The zero-order chi connectivity index (χ0) is 17.3. The molecule has 0 saturated carbocycles. The zero-order valence-electron chi connectivity index (χ0n) is 14.5. The Bertz CT molecular complexity index is 496. The molecule has 0 aromatic heterocycles. The Morgan fingerprint density at radius 1 is 0.773 bits per heavy atom. The zero-order valence-corrected chi connectivity index (χ0v) is 16.7. The Morgan fingerprint density at radius 2 is 1.09 bits per heavy atom. The van der Waals surface area contributed by atoms with Crippen molar-refractivity contribution in [2.75, 3.05) is 0 Å². The normalized spacial score (nSPS) is 20.1. The summed E-state index contributed by atoms with van der Waals surface area (Å²) in [5.74, 6) is 0. The van der Waals surface area contributed by atoms with Gasteiger partial charge in [-0.1, -0.05) is 20.8 Å². The van der Waals surface area contributed by atoms with E-state index in [1.807, 2.05) is 32.9 Å². The molecule has 4 heteroatoms. The number of benzene rings is 1. The van der Waals surface area contributed by atoms with Crippen molar-refractivity contribution in [2.24, 2.45) is 0 Å². The van der Waals surface area contributed by atoms with Crippen LogP contribution >= 0.6 is 22.6 Å². The first kappa shape index (κ1) is 19.9. The molecule has 0 bridgehead atoms. The molecule has 1 aromatic carbocycles. The van der Waals surface area contributed by atoms with Crippen molar-refractivity contribution in [2.45, 2.75) is 77.6 Å². The molecule has 3 unspecified atom stereocenters. The monoisotopic (exact) mass is 420 g/mol. The molecule has 0 aliphatic rings. The van der Waals surface area contributed by atoms with Crippen molar-refractivity contribution in [3.8, 4) is 0 Å². The van der Waals surface area contributed by atoms with Gasteiger partial charge in [0.15, 0.2) is 0 Å². The molecule has 0 amide bonds. The third kappa shape index (κ3) is 3.83. The summed E-state index contributed by atoms with van der Waals surface area (Å²) in [6.45, 7) is 11.1. The molecule has 3 nitrogen and oxygen atoms in total. The van der Waals surface area contributed by atoms with Crippen LogP contribution in [0.15, 0.2) is 12.1 Å². The Morgan fingerprint density at radius 3 is 1.36 bits per heavy atom. The van der Waals surface area contributed by atoms with E-state index in [1.54, 1.807) is 20.8 Å². The van der Waals surface area contributed by atoms with Gasteiger partial charge in [0.25, 0.3) is 0 Å². The molecule has 0 radical (unpaired) electrons. The lowest BCUT2D eigenvalue weighted by Crippen LogP contribution is -2.29. The second-order valence-electron chi connectivity index (χ2n) is 6.77. The van der Waals surface area contributed by atoms with Gasteiger partial charge >= 0.3 is 0 Å². The summed E-state index contributed by atoms with van der Waals surface area (Å²) < 4.78 is 0.868. The predicted molar refractivity (Wildman–Crippen MR) is 98.7 cm³/mol.